The Balaban J connectivity index is 0.00000162. The molecule has 3 N–H and O–H groups in total. The zero-order valence-corrected chi connectivity index (χ0v) is 12.4. The zero-order valence-electron chi connectivity index (χ0n) is 10.7. The predicted molar refractivity (Wildman–Crippen MR) is 80.5 cm³/mol. The maximum atomic E-state index is 11.7. The van der Waals surface area contributed by atoms with Gasteiger partial charge in [0.1, 0.15) is 0 Å². The van der Waals surface area contributed by atoms with Gasteiger partial charge in [0.05, 0.1) is 0 Å². The van der Waals surface area contributed by atoms with E-state index >= 15 is 0 Å². The van der Waals surface area contributed by atoms with Crippen LogP contribution in [0.3, 0.4) is 0 Å². The molecule has 1 fully saturated rings. The molecule has 0 spiro atoms. The molecule has 0 unspecified atom stereocenters. The SMILES string of the molecule is Cl.Cl.N[C@@H]1CCC[C@H]1CC(=O)NCc1cccnc1. The van der Waals surface area contributed by atoms with Gasteiger partial charge < -0.3 is 11.1 Å². The van der Waals surface area contributed by atoms with Crippen LogP contribution in [0.2, 0.25) is 0 Å². The van der Waals surface area contributed by atoms with Crippen molar-refractivity contribution in [3.63, 3.8) is 0 Å². The van der Waals surface area contributed by atoms with Crippen molar-refractivity contribution in [3.8, 4) is 0 Å². The van der Waals surface area contributed by atoms with Crippen molar-refractivity contribution in [3.05, 3.63) is 30.1 Å². The Hall–Kier alpha value is -0.840. The number of hydrogen-bond donors (Lipinski definition) is 2. The number of amides is 1. The van der Waals surface area contributed by atoms with Crippen LogP contribution >= 0.6 is 24.8 Å². The van der Waals surface area contributed by atoms with Crippen LogP contribution in [-0.4, -0.2) is 16.9 Å². The maximum absolute atomic E-state index is 11.7. The quantitative estimate of drug-likeness (QED) is 0.894. The van der Waals surface area contributed by atoms with Gasteiger partial charge in [-0.25, -0.2) is 0 Å². The van der Waals surface area contributed by atoms with E-state index in [-0.39, 0.29) is 36.8 Å². The van der Waals surface area contributed by atoms with Gasteiger partial charge in [-0.3, -0.25) is 9.78 Å². The van der Waals surface area contributed by atoms with E-state index in [9.17, 15) is 4.79 Å². The molecule has 1 saturated carbocycles. The number of nitrogens with one attached hydrogen (secondary N) is 1. The number of rotatable bonds is 4. The summed E-state index contributed by atoms with van der Waals surface area (Å²) in [7, 11) is 0. The Kier molecular flexibility index (Phi) is 8.72. The minimum absolute atomic E-state index is 0. The van der Waals surface area contributed by atoms with Gasteiger partial charge in [0.15, 0.2) is 0 Å². The Bertz CT molecular complexity index is 375. The second-order valence-corrected chi connectivity index (χ2v) is 4.70. The average molecular weight is 306 g/mol. The third-order valence-electron chi connectivity index (χ3n) is 3.38. The van der Waals surface area contributed by atoms with Gasteiger partial charge in [-0.2, -0.15) is 0 Å². The molecule has 1 aliphatic rings. The monoisotopic (exact) mass is 305 g/mol. The summed E-state index contributed by atoms with van der Waals surface area (Å²) in [5, 5.41) is 2.91. The largest absolute Gasteiger partial charge is 0.352 e. The summed E-state index contributed by atoms with van der Waals surface area (Å²) in [4.78, 5) is 15.7. The van der Waals surface area contributed by atoms with Crippen LogP contribution in [0.1, 0.15) is 31.2 Å². The molecule has 1 aromatic rings. The number of pyridine rings is 1. The third kappa shape index (κ3) is 5.76. The predicted octanol–water partition coefficient (Wildman–Crippen LogP) is 2.06. The normalized spacial score (nSPS) is 21.1. The van der Waals surface area contributed by atoms with Crippen LogP contribution in [0.4, 0.5) is 0 Å². The molecule has 0 bridgehead atoms. The second kappa shape index (κ2) is 9.13. The van der Waals surface area contributed by atoms with Gasteiger partial charge in [0.2, 0.25) is 5.91 Å². The topological polar surface area (TPSA) is 68.0 Å². The molecule has 1 aliphatic carbocycles. The molecule has 6 heteroatoms. The van der Waals surface area contributed by atoms with Crippen molar-refractivity contribution in [1.29, 1.82) is 0 Å². The van der Waals surface area contributed by atoms with Gasteiger partial charge in [0.25, 0.3) is 0 Å². The third-order valence-corrected chi connectivity index (χ3v) is 3.38. The smallest absolute Gasteiger partial charge is 0.220 e. The van der Waals surface area contributed by atoms with Gasteiger partial charge in [-0.05, 0) is 30.4 Å². The van der Waals surface area contributed by atoms with Gasteiger partial charge >= 0.3 is 0 Å². The highest BCUT2D eigenvalue weighted by molar-refractivity contribution is 5.85. The first-order valence-electron chi connectivity index (χ1n) is 6.17. The molecule has 1 amide bonds. The van der Waals surface area contributed by atoms with Gasteiger partial charge in [-0.1, -0.05) is 12.5 Å². The number of nitrogens with zero attached hydrogens (tertiary/aromatic N) is 1. The van der Waals surface area contributed by atoms with Crippen molar-refractivity contribution in [2.75, 3.05) is 0 Å². The standard InChI is InChI=1S/C13H19N3O.2ClH/c14-12-5-1-4-11(12)7-13(17)16-9-10-3-2-6-15-8-10;;/h2-3,6,8,11-12H,1,4-5,7,9,14H2,(H,16,17);2*1H/t11-,12+;;/m0../s1. The van der Waals surface area contributed by atoms with Gasteiger partial charge in [0, 0.05) is 31.4 Å². The Morgan fingerprint density at radius 2 is 2.21 bits per heavy atom. The lowest BCUT2D eigenvalue weighted by Gasteiger charge is -2.14. The number of nitrogens with two attached hydrogens (primary N) is 1. The zero-order chi connectivity index (χ0) is 12.1. The molecule has 2 atom stereocenters. The molecule has 4 nitrogen and oxygen atoms in total. The summed E-state index contributed by atoms with van der Waals surface area (Å²) >= 11 is 0. The number of hydrogen-bond acceptors (Lipinski definition) is 3. The van der Waals surface area contributed by atoms with Crippen LogP contribution in [0.25, 0.3) is 0 Å². The highest BCUT2D eigenvalue weighted by atomic mass is 35.5. The highest BCUT2D eigenvalue weighted by Crippen LogP contribution is 2.26. The minimum atomic E-state index is 0. The lowest BCUT2D eigenvalue weighted by Crippen LogP contribution is -2.31. The van der Waals surface area contributed by atoms with E-state index in [1.54, 1.807) is 12.4 Å². The van der Waals surface area contributed by atoms with Crippen LogP contribution in [0, 0.1) is 5.92 Å². The molecule has 0 saturated heterocycles. The van der Waals surface area contributed by atoms with Crippen molar-refractivity contribution in [2.24, 2.45) is 11.7 Å². The van der Waals surface area contributed by atoms with Gasteiger partial charge in [-0.15, -0.1) is 24.8 Å². The van der Waals surface area contributed by atoms with E-state index in [2.05, 4.69) is 10.3 Å². The summed E-state index contributed by atoms with van der Waals surface area (Å²) < 4.78 is 0. The van der Waals surface area contributed by atoms with E-state index < -0.39 is 0 Å². The van der Waals surface area contributed by atoms with E-state index in [1.165, 1.54) is 0 Å². The molecule has 0 aliphatic heterocycles. The highest BCUT2D eigenvalue weighted by Gasteiger charge is 2.25. The van der Waals surface area contributed by atoms with Crippen LogP contribution < -0.4 is 11.1 Å². The number of aromatic nitrogens is 1. The molecule has 0 radical (unpaired) electrons. The summed E-state index contributed by atoms with van der Waals surface area (Å²) in [5.74, 6) is 0.458. The second-order valence-electron chi connectivity index (χ2n) is 4.70. The fourth-order valence-electron chi connectivity index (χ4n) is 2.33. The molecule has 1 aromatic heterocycles. The number of carbonyl (C=O) groups is 1. The first-order valence-corrected chi connectivity index (χ1v) is 6.17. The minimum Gasteiger partial charge on any atom is -0.352 e. The maximum Gasteiger partial charge on any atom is 0.220 e. The lowest BCUT2D eigenvalue weighted by molar-refractivity contribution is -0.122. The molecule has 0 aromatic carbocycles. The number of halogens is 2. The lowest BCUT2D eigenvalue weighted by atomic mass is 10.00. The van der Waals surface area contributed by atoms with Crippen molar-refractivity contribution in [1.82, 2.24) is 10.3 Å². The Labute approximate surface area is 126 Å². The fraction of sp³-hybridized carbons (Fsp3) is 0.538. The van der Waals surface area contributed by atoms with E-state index in [0.29, 0.717) is 18.9 Å². The van der Waals surface area contributed by atoms with Crippen molar-refractivity contribution in [2.45, 2.75) is 38.3 Å². The van der Waals surface area contributed by atoms with Crippen LogP contribution in [-0.2, 0) is 11.3 Å². The average Bonchev–Trinajstić information content (AvgIpc) is 2.74. The van der Waals surface area contributed by atoms with E-state index in [0.717, 1.165) is 24.8 Å². The summed E-state index contributed by atoms with van der Waals surface area (Å²) in [6.07, 6.45) is 7.34. The molecule has 108 valence electrons. The first kappa shape index (κ1) is 18.2. The Morgan fingerprint density at radius 1 is 1.42 bits per heavy atom. The van der Waals surface area contributed by atoms with Crippen molar-refractivity contribution < 1.29 is 4.79 Å². The fourth-order valence-corrected chi connectivity index (χ4v) is 2.33. The summed E-state index contributed by atoms with van der Waals surface area (Å²) in [6.45, 7) is 0.550. The van der Waals surface area contributed by atoms with E-state index in [1.807, 2.05) is 12.1 Å². The molecule has 1 heterocycles. The summed E-state index contributed by atoms with van der Waals surface area (Å²) in [6, 6.07) is 4.03. The van der Waals surface area contributed by atoms with Crippen LogP contribution in [0.15, 0.2) is 24.5 Å². The molecule has 2 rings (SSSR count). The summed E-state index contributed by atoms with van der Waals surface area (Å²) in [5.41, 5.74) is 6.97. The molecular formula is C13H21Cl2N3O. The molecular weight excluding hydrogens is 285 g/mol. The Morgan fingerprint density at radius 3 is 2.79 bits per heavy atom. The molecule has 19 heavy (non-hydrogen) atoms. The van der Waals surface area contributed by atoms with E-state index in [4.69, 9.17) is 5.73 Å². The van der Waals surface area contributed by atoms with Crippen molar-refractivity contribution >= 4 is 30.7 Å². The number of carbonyl (C=O) groups excluding carboxylic acids is 1. The first-order chi connectivity index (χ1) is 8.25. The van der Waals surface area contributed by atoms with Crippen LogP contribution in [0.5, 0.6) is 0 Å².